The van der Waals surface area contributed by atoms with E-state index < -0.39 is 5.97 Å². The smallest absolute Gasteiger partial charge is 0.303 e. The van der Waals surface area contributed by atoms with Gasteiger partial charge >= 0.3 is 5.97 Å². The maximum atomic E-state index is 10.5. The van der Waals surface area contributed by atoms with E-state index in [-0.39, 0.29) is 6.42 Å². The van der Waals surface area contributed by atoms with Crippen molar-refractivity contribution in [1.82, 2.24) is 5.32 Å². The first-order chi connectivity index (χ1) is 15.1. The van der Waals surface area contributed by atoms with Crippen LogP contribution in [0.5, 0.6) is 0 Å². The van der Waals surface area contributed by atoms with Crippen LogP contribution in [0.4, 0.5) is 0 Å². The minimum atomic E-state index is -0.757. The van der Waals surface area contributed by atoms with Crippen LogP contribution in [0.25, 0.3) is 11.1 Å². The van der Waals surface area contributed by atoms with E-state index in [4.69, 9.17) is 9.94 Å². The Morgan fingerprint density at radius 3 is 2.23 bits per heavy atom. The number of carboxylic acids is 1. The highest BCUT2D eigenvalue weighted by molar-refractivity contribution is 5.98. The van der Waals surface area contributed by atoms with Crippen molar-refractivity contribution in [3.05, 3.63) is 95.6 Å². The second-order valence-corrected chi connectivity index (χ2v) is 7.38. The van der Waals surface area contributed by atoms with Crippen LogP contribution in [0, 0.1) is 0 Å². The molecule has 3 aromatic carbocycles. The summed E-state index contributed by atoms with van der Waals surface area (Å²) in [5.74, 6) is -0.757. The van der Waals surface area contributed by atoms with Gasteiger partial charge < -0.3 is 15.3 Å². The van der Waals surface area contributed by atoms with Gasteiger partial charge in [-0.2, -0.15) is 0 Å². The molecule has 0 amide bonds. The zero-order chi connectivity index (χ0) is 21.9. The minimum Gasteiger partial charge on any atom is -0.481 e. The van der Waals surface area contributed by atoms with E-state index in [1.54, 1.807) is 0 Å². The molecule has 0 atom stereocenters. The molecule has 0 bridgehead atoms. The van der Waals surface area contributed by atoms with Crippen LogP contribution in [0.3, 0.4) is 0 Å². The van der Waals surface area contributed by atoms with Crippen molar-refractivity contribution in [2.24, 2.45) is 5.16 Å². The Morgan fingerprint density at radius 2 is 1.55 bits per heavy atom. The van der Waals surface area contributed by atoms with Crippen LogP contribution in [0.2, 0.25) is 0 Å². The number of nitrogens with one attached hydrogen (secondary N) is 1. The highest BCUT2D eigenvalue weighted by atomic mass is 16.6. The summed E-state index contributed by atoms with van der Waals surface area (Å²) in [7, 11) is 0. The molecule has 0 radical (unpaired) electrons. The Morgan fingerprint density at radius 1 is 0.903 bits per heavy atom. The number of hydrogen-bond donors (Lipinski definition) is 2. The topological polar surface area (TPSA) is 70.9 Å². The molecule has 0 heterocycles. The number of hydrogen-bond acceptors (Lipinski definition) is 4. The molecular weight excluding hydrogens is 388 g/mol. The predicted octanol–water partition coefficient (Wildman–Crippen LogP) is 5.25. The SMILES string of the molecule is C/C(=N/OCc1ccc(-c2ccccc2)cc1)c1ccc(CNCCCC(=O)O)cc1. The molecule has 5 heteroatoms. The summed E-state index contributed by atoms with van der Waals surface area (Å²) in [6, 6.07) is 26.7. The van der Waals surface area contributed by atoms with Gasteiger partial charge in [0.15, 0.2) is 0 Å². The Kier molecular flexibility index (Phi) is 8.38. The number of rotatable bonds is 11. The van der Waals surface area contributed by atoms with Gasteiger partial charge in [-0.1, -0.05) is 84.0 Å². The second-order valence-electron chi connectivity index (χ2n) is 7.38. The highest BCUT2D eigenvalue weighted by Crippen LogP contribution is 2.19. The van der Waals surface area contributed by atoms with Crippen LogP contribution in [0.15, 0.2) is 84.0 Å². The monoisotopic (exact) mass is 416 g/mol. The standard InChI is InChI=1S/C26H28N2O3/c1-20(23-13-9-21(10-14-23)18-27-17-5-8-26(29)30)28-31-19-22-11-15-25(16-12-22)24-6-3-2-4-7-24/h2-4,6-7,9-16,27H,5,8,17-19H2,1H3,(H,29,30)/b28-20-. The Hall–Kier alpha value is -3.44. The van der Waals surface area contributed by atoms with E-state index in [1.807, 2.05) is 49.4 Å². The molecule has 0 aromatic heterocycles. The normalized spacial score (nSPS) is 11.3. The number of carboxylic acid groups (broad SMARTS) is 1. The minimum absolute atomic E-state index is 0.193. The third-order valence-electron chi connectivity index (χ3n) is 4.94. The number of nitrogens with zero attached hydrogens (tertiary/aromatic N) is 1. The van der Waals surface area contributed by atoms with Crippen molar-refractivity contribution in [3.8, 4) is 11.1 Å². The fourth-order valence-corrected chi connectivity index (χ4v) is 3.14. The number of carbonyl (C=O) groups is 1. The van der Waals surface area contributed by atoms with E-state index >= 15 is 0 Å². The van der Waals surface area contributed by atoms with Gasteiger partial charge in [0.05, 0.1) is 5.71 Å². The zero-order valence-corrected chi connectivity index (χ0v) is 17.8. The van der Waals surface area contributed by atoms with E-state index in [9.17, 15) is 4.79 Å². The molecule has 160 valence electrons. The van der Waals surface area contributed by atoms with E-state index in [2.05, 4.69) is 46.9 Å². The second kappa shape index (κ2) is 11.7. The molecule has 0 unspecified atom stereocenters. The molecular formula is C26H28N2O3. The summed E-state index contributed by atoms with van der Waals surface area (Å²) < 4.78 is 0. The predicted molar refractivity (Wildman–Crippen MR) is 124 cm³/mol. The number of oxime groups is 1. The van der Waals surface area contributed by atoms with Crippen molar-refractivity contribution in [2.45, 2.75) is 32.9 Å². The van der Waals surface area contributed by atoms with Crippen LogP contribution < -0.4 is 5.32 Å². The lowest BCUT2D eigenvalue weighted by atomic mass is 10.0. The van der Waals surface area contributed by atoms with Crippen LogP contribution >= 0.6 is 0 Å². The third kappa shape index (κ3) is 7.39. The molecule has 0 saturated carbocycles. The summed E-state index contributed by atoms with van der Waals surface area (Å²) in [4.78, 5) is 16.1. The summed E-state index contributed by atoms with van der Waals surface area (Å²) in [6.45, 7) is 3.75. The van der Waals surface area contributed by atoms with Gasteiger partial charge in [0.25, 0.3) is 0 Å². The van der Waals surface area contributed by atoms with E-state index in [1.165, 1.54) is 11.1 Å². The summed E-state index contributed by atoms with van der Waals surface area (Å²) in [5.41, 5.74) is 6.42. The van der Waals surface area contributed by atoms with E-state index in [0.29, 0.717) is 26.1 Å². The lowest BCUT2D eigenvalue weighted by Gasteiger charge is -2.07. The van der Waals surface area contributed by atoms with Crippen LogP contribution in [0.1, 0.15) is 36.5 Å². The molecule has 2 N–H and O–H groups in total. The Labute approximate surface area is 183 Å². The quantitative estimate of drug-likeness (QED) is 0.254. The van der Waals surface area contributed by atoms with Gasteiger partial charge in [-0.05, 0) is 47.7 Å². The van der Waals surface area contributed by atoms with Gasteiger partial charge in [0.1, 0.15) is 6.61 Å². The maximum Gasteiger partial charge on any atom is 0.303 e. The Bertz CT molecular complexity index is 981. The molecule has 0 saturated heterocycles. The average Bonchev–Trinajstić information content (AvgIpc) is 2.80. The molecule has 3 rings (SSSR count). The largest absolute Gasteiger partial charge is 0.481 e. The average molecular weight is 417 g/mol. The van der Waals surface area contributed by atoms with Gasteiger partial charge in [-0.15, -0.1) is 0 Å². The molecule has 5 nitrogen and oxygen atoms in total. The van der Waals surface area contributed by atoms with E-state index in [0.717, 1.165) is 22.4 Å². The van der Waals surface area contributed by atoms with Crippen molar-refractivity contribution < 1.29 is 14.7 Å². The third-order valence-corrected chi connectivity index (χ3v) is 4.94. The van der Waals surface area contributed by atoms with Crippen molar-refractivity contribution in [3.63, 3.8) is 0 Å². The van der Waals surface area contributed by atoms with Crippen LogP contribution in [-0.2, 0) is 22.8 Å². The fraction of sp³-hybridized carbons (Fsp3) is 0.231. The van der Waals surface area contributed by atoms with Crippen molar-refractivity contribution in [1.29, 1.82) is 0 Å². The van der Waals surface area contributed by atoms with Gasteiger partial charge in [-0.3, -0.25) is 4.79 Å². The fourth-order valence-electron chi connectivity index (χ4n) is 3.14. The molecule has 0 fully saturated rings. The molecule has 0 aliphatic carbocycles. The molecule has 0 aliphatic heterocycles. The summed E-state index contributed by atoms with van der Waals surface area (Å²) in [5, 5.41) is 16.1. The highest BCUT2D eigenvalue weighted by Gasteiger charge is 2.02. The molecule has 31 heavy (non-hydrogen) atoms. The molecule has 3 aromatic rings. The summed E-state index contributed by atoms with van der Waals surface area (Å²) in [6.07, 6.45) is 0.824. The van der Waals surface area contributed by atoms with Gasteiger partial charge in [0.2, 0.25) is 0 Å². The van der Waals surface area contributed by atoms with Gasteiger partial charge in [0, 0.05) is 13.0 Å². The number of benzene rings is 3. The van der Waals surface area contributed by atoms with Gasteiger partial charge in [-0.25, -0.2) is 0 Å². The number of aliphatic carboxylic acids is 1. The van der Waals surface area contributed by atoms with Crippen molar-refractivity contribution in [2.75, 3.05) is 6.54 Å². The first kappa shape index (κ1) is 22.2. The first-order valence-electron chi connectivity index (χ1n) is 10.4. The van der Waals surface area contributed by atoms with Crippen LogP contribution in [-0.4, -0.2) is 23.3 Å². The van der Waals surface area contributed by atoms with Crippen molar-refractivity contribution >= 4 is 11.7 Å². The molecule has 0 aliphatic rings. The lowest BCUT2D eigenvalue weighted by molar-refractivity contribution is -0.137. The lowest BCUT2D eigenvalue weighted by Crippen LogP contribution is -2.15. The Balaban J connectivity index is 1.45. The summed E-state index contributed by atoms with van der Waals surface area (Å²) >= 11 is 0. The molecule has 0 spiro atoms. The zero-order valence-electron chi connectivity index (χ0n) is 17.8. The maximum absolute atomic E-state index is 10.5. The first-order valence-corrected chi connectivity index (χ1v) is 10.4.